The number of primary amides is 1. The number of hydrogen-bond acceptors (Lipinski definition) is 4. The summed E-state index contributed by atoms with van der Waals surface area (Å²) in [7, 11) is -3.72. The van der Waals surface area contributed by atoms with E-state index in [-0.39, 0.29) is 4.90 Å². The molecule has 0 heterocycles. The van der Waals surface area contributed by atoms with E-state index in [9.17, 15) is 13.2 Å². The quantitative estimate of drug-likeness (QED) is 0.637. The fourth-order valence-corrected chi connectivity index (χ4v) is 2.57. The summed E-state index contributed by atoms with van der Waals surface area (Å²) >= 11 is 0. The van der Waals surface area contributed by atoms with Gasteiger partial charge in [0.1, 0.15) is 0 Å². The topological polar surface area (TPSA) is 115 Å². The van der Waals surface area contributed by atoms with Gasteiger partial charge in [0.2, 0.25) is 15.9 Å². The average Bonchev–Trinajstić information content (AvgIpc) is 2.29. The second-order valence-electron chi connectivity index (χ2n) is 3.93. The molecule has 0 radical (unpaired) electrons. The third-order valence-corrected chi connectivity index (χ3v) is 3.98. The van der Waals surface area contributed by atoms with Crippen molar-refractivity contribution >= 4 is 15.9 Å². The lowest BCUT2D eigenvalue weighted by molar-refractivity contribution is -0.119. The van der Waals surface area contributed by atoms with Crippen LogP contribution in [0.1, 0.15) is 12.5 Å². The van der Waals surface area contributed by atoms with Crippen LogP contribution in [0.4, 0.5) is 0 Å². The molecule has 0 bridgehead atoms. The van der Waals surface area contributed by atoms with Gasteiger partial charge in [-0.15, -0.1) is 0 Å². The molecule has 0 spiro atoms. The molecular weight excluding hydrogens is 254 g/mol. The minimum atomic E-state index is -3.72. The van der Waals surface area contributed by atoms with Gasteiger partial charge in [0.25, 0.3) is 0 Å². The molecule has 1 atom stereocenters. The first kappa shape index (κ1) is 14.6. The van der Waals surface area contributed by atoms with Crippen molar-refractivity contribution in [2.45, 2.75) is 24.3 Å². The Hall–Kier alpha value is -1.44. The van der Waals surface area contributed by atoms with E-state index in [0.717, 1.165) is 5.56 Å². The van der Waals surface area contributed by atoms with Crippen LogP contribution in [0.25, 0.3) is 0 Å². The molecule has 0 aromatic heterocycles. The number of carbonyl (C=O) groups is 1. The van der Waals surface area contributed by atoms with Gasteiger partial charge in [-0.3, -0.25) is 4.79 Å². The molecule has 7 heteroatoms. The predicted octanol–water partition coefficient (Wildman–Crippen LogP) is -0.660. The zero-order chi connectivity index (χ0) is 13.8. The lowest BCUT2D eigenvalue weighted by atomic mass is 10.2. The predicted molar refractivity (Wildman–Crippen MR) is 68.2 cm³/mol. The maximum absolute atomic E-state index is 11.9. The van der Waals surface area contributed by atoms with Gasteiger partial charge in [-0.1, -0.05) is 12.1 Å². The number of benzene rings is 1. The molecule has 0 saturated heterocycles. The summed E-state index contributed by atoms with van der Waals surface area (Å²) in [5, 5.41) is 0. The fourth-order valence-electron chi connectivity index (χ4n) is 1.36. The van der Waals surface area contributed by atoms with E-state index in [1.807, 2.05) is 0 Å². The number of sulfonamides is 1. The van der Waals surface area contributed by atoms with Crippen molar-refractivity contribution in [3.8, 4) is 0 Å². The molecule has 0 aliphatic rings. The third-order valence-electron chi connectivity index (χ3n) is 2.43. The van der Waals surface area contributed by atoms with Gasteiger partial charge in [0.15, 0.2) is 0 Å². The van der Waals surface area contributed by atoms with E-state index in [1.54, 1.807) is 12.1 Å². The zero-order valence-corrected chi connectivity index (χ0v) is 10.9. The summed E-state index contributed by atoms with van der Waals surface area (Å²) in [5.74, 6) is -0.724. The second-order valence-corrected chi connectivity index (χ2v) is 5.64. The number of carbonyl (C=O) groups excluding carboxylic acids is 1. The van der Waals surface area contributed by atoms with Crippen molar-refractivity contribution in [3.63, 3.8) is 0 Å². The molecule has 1 amide bonds. The molecule has 18 heavy (non-hydrogen) atoms. The Kier molecular flexibility index (Phi) is 4.83. The molecule has 0 saturated carbocycles. The van der Waals surface area contributed by atoms with Crippen LogP contribution in [-0.4, -0.2) is 26.9 Å². The van der Waals surface area contributed by atoms with E-state index >= 15 is 0 Å². The van der Waals surface area contributed by atoms with Crippen LogP contribution in [0, 0.1) is 0 Å². The smallest absolute Gasteiger partial charge is 0.241 e. The van der Waals surface area contributed by atoms with Crippen LogP contribution in [0.2, 0.25) is 0 Å². The molecule has 0 aliphatic heterocycles. The molecule has 1 aromatic rings. The molecule has 6 nitrogen and oxygen atoms in total. The Bertz CT molecular complexity index is 511. The highest BCUT2D eigenvalue weighted by atomic mass is 32.2. The van der Waals surface area contributed by atoms with Crippen molar-refractivity contribution in [2.24, 2.45) is 11.5 Å². The maximum Gasteiger partial charge on any atom is 0.241 e. The minimum Gasteiger partial charge on any atom is -0.368 e. The van der Waals surface area contributed by atoms with E-state index in [4.69, 9.17) is 11.5 Å². The lowest BCUT2D eigenvalue weighted by Gasteiger charge is -2.11. The van der Waals surface area contributed by atoms with Crippen molar-refractivity contribution in [2.75, 3.05) is 6.54 Å². The van der Waals surface area contributed by atoms with E-state index in [2.05, 4.69) is 4.72 Å². The molecule has 5 N–H and O–H groups in total. The standard InChI is InChI=1S/C11H17N3O3S/c1-8(11(13)15)14-18(16,17)10-4-2-9(3-5-10)6-7-12/h2-5,8,14H,6-7,12H2,1H3,(H2,13,15). The Morgan fingerprint density at radius 2 is 1.89 bits per heavy atom. The summed E-state index contributed by atoms with van der Waals surface area (Å²) in [6.07, 6.45) is 0.686. The minimum absolute atomic E-state index is 0.0939. The van der Waals surface area contributed by atoms with Crippen LogP contribution in [0.5, 0.6) is 0 Å². The van der Waals surface area contributed by atoms with Crippen molar-refractivity contribution < 1.29 is 13.2 Å². The van der Waals surface area contributed by atoms with Crippen molar-refractivity contribution in [3.05, 3.63) is 29.8 Å². The van der Waals surface area contributed by atoms with Gasteiger partial charge in [0.05, 0.1) is 10.9 Å². The van der Waals surface area contributed by atoms with Crippen LogP contribution < -0.4 is 16.2 Å². The summed E-state index contributed by atoms with van der Waals surface area (Å²) < 4.78 is 25.9. The molecule has 0 fully saturated rings. The first-order valence-electron chi connectivity index (χ1n) is 5.47. The van der Waals surface area contributed by atoms with Crippen LogP contribution in [0.15, 0.2) is 29.2 Å². The average molecular weight is 271 g/mol. The Morgan fingerprint density at radius 1 is 1.33 bits per heavy atom. The first-order valence-corrected chi connectivity index (χ1v) is 6.96. The van der Waals surface area contributed by atoms with E-state index in [1.165, 1.54) is 19.1 Å². The molecule has 1 unspecified atom stereocenters. The highest BCUT2D eigenvalue weighted by Gasteiger charge is 2.19. The van der Waals surface area contributed by atoms with Crippen molar-refractivity contribution in [1.82, 2.24) is 4.72 Å². The van der Waals surface area contributed by atoms with Crippen LogP contribution in [0.3, 0.4) is 0 Å². The highest BCUT2D eigenvalue weighted by Crippen LogP contribution is 2.11. The van der Waals surface area contributed by atoms with Gasteiger partial charge in [-0.25, -0.2) is 8.42 Å². The lowest BCUT2D eigenvalue weighted by Crippen LogP contribution is -2.42. The first-order chi connectivity index (χ1) is 8.36. The van der Waals surface area contributed by atoms with Gasteiger partial charge >= 0.3 is 0 Å². The SMILES string of the molecule is CC(NS(=O)(=O)c1ccc(CCN)cc1)C(N)=O. The molecule has 1 aromatic carbocycles. The molecule has 1 rings (SSSR count). The second kappa shape index (κ2) is 5.94. The number of nitrogens with two attached hydrogens (primary N) is 2. The Balaban J connectivity index is 2.88. The van der Waals surface area contributed by atoms with Gasteiger partial charge < -0.3 is 11.5 Å². The number of amides is 1. The highest BCUT2D eigenvalue weighted by molar-refractivity contribution is 7.89. The van der Waals surface area contributed by atoms with Gasteiger partial charge in [0, 0.05) is 0 Å². The number of hydrogen-bond donors (Lipinski definition) is 3. The summed E-state index contributed by atoms with van der Waals surface area (Å²) in [5.41, 5.74) is 11.4. The zero-order valence-electron chi connectivity index (χ0n) is 10.1. The summed E-state index contributed by atoms with van der Waals surface area (Å²) in [4.78, 5) is 10.9. The van der Waals surface area contributed by atoms with Crippen molar-refractivity contribution in [1.29, 1.82) is 0 Å². The van der Waals surface area contributed by atoms with Gasteiger partial charge in [-0.05, 0) is 37.6 Å². The molecule has 100 valence electrons. The van der Waals surface area contributed by atoms with E-state index < -0.39 is 22.0 Å². The Morgan fingerprint density at radius 3 is 2.33 bits per heavy atom. The largest absolute Gasteiger partial charge is 0.368 e. The monoisotopic (exact) mass is 271 g/mol. The molecule has 0 aliphatic carbocycles. The third kappa shape index (κ3) is 3.80. The van der Waals surface area contributed by atoms with E-state index in [0.29, 0.717) is 13.0 Å². The Labute approximate surface area is 106 Å². The fraction of sp³-hybridized carbons (Fsp3) is 0.364. The van der Waals surface area contributed by atoms with Crippen LogP contribution in [-0.2, 0) is 21.2 Å². The summed E-state index contributed by atoms with van der Waals surface area (Å²) in [6.45, 7) is 1.89. The number of nitrogens with one attached hydrogen (secondary N) is 1. The normalized spacial score (nSPS) is 13.2. The molecular formula is C11H17N3O3S. The maximum atomic E-state index is 11.9. The van der Waals surface area contributed by atoms with Crippen LogP contribution >= 0.6 is 0 Å². The van der Waals surface area contributed by atoms with Gasteiger partial charge in [-0.2, -0.15) is 4.72 Å². The summed E-state index contributed by atoms with van der Waals surface area (Å²) in [6, 6.07) is 5.38. The number of rotatable bonds is 6.